The van der Waals surface area contributed by atoms with Crippen LogP contribution in [0.2, 0.25) is 0 Å². The number of ketones is 1. The maximum absolute atomic E-state index is 14.6. The molecule has 0 spiro atoms. The second-order valence-electron chi connectivity index (χ2n) is 24.8. The fourth-order valence-corrected chi connectivity index (χ4v) is 12.4. The fourth-order valence-electron chi connectivity index (χ4n) is 11.7. The molecule has 12 atom stereocenters. The van der Waals surface area contributed by atoms with Gasteiger partial charge in [0, 0.05) is 91.1 Å². The number of nitrogens with one attached hydrogen (secondary N) is 2. The van der Waals surface area contributed by atoms with Gasteiger partial charge < -0.3 is 72.5 Å². The van der Waals surface area contributed by atoms with E-state index in [1.165, 1.54) is 62.8 Å². The average Bonchev–Trinajstić information content (AvgIpc) is 1.58. The number of esters is 2. The topological polar surface area (TPSA) is 324 Å². The number of alkyl carbamates (subject to hydrolysis) is 1. The number of methoxy groups -OCH3 is 2. The summed E-state index contributed by atoms with van der Waals surface area (Å²) < 4.78 is 57.1. The molecule has 3 fully saturated rings. The predicted octanol–water partition coefficient (Wildman–Crippen LogP) is 5.40. The van der Waals surface area contributed by atoms with Crippen LogP contribution >= 0.6 is 11.8 Å². The first-order chi connectivity index (χ1) is 45.0. The number of aliphatic hydroxyl groups is 1. The number of thioether (sulfide) groups is 1. The van der Waals surface area contributed by atoms with Gasteiger partial charge in [-0.2, -0.15) is 11.8 Å². The van der Waals surface area contributed by atoms with E-state index in [9.17, 15) is 53.1 Å². The minimum atomic E-state index is -1.90. The van der Waals surface area contributed by atoms with E-state index < -0.39 is 113 Å². The maximum Gasteiger partial charge on any atom is 0.409 e. The fraction of sp³-hybridized carbons (Fsp3) is 0.582. The maximum atomic E-state index is 14.6. The predicted molar refractivity (Wildman–Crippen MR) is 344 cm³/mol. The van der Waals surface area contributed by atoms with Crippen molar-refractivity contribution in [3.63, 3.8) is 0 Å². The zero-order valence-electron chi connectivity index (χ0n) is 56.3. The molecule has 95 heavy (non-hydrogen) atoms. The third-order valence-electron chi connectivity index (χ3n) is 18.0. The number of likely N-dealkylation sites (tertiary alicyclic amines) is 1. The van der Waals surface area contributed by atoms with Crippen molar-refractivity contribution >= 4 is 71.4 Å². The van der Waals surface area contributed by atoms with Gasteiger partial charge in [-0.3, -0.25) is 39.0 Å². The van der Waals surface area contributed by atoms with Crippen LogP contribution in [0.3, 0.4) is 0 Å². The highest BCUT2D eigenvalue weighted by Crippen LogP contribution is 2.49. The number of amides is 7. The van der Waals surface area contributed by atoms with E-state index in [1.807, 2.05) is 32.1 Å². The van der Waals surface area contributed by atoms with Gasteiger partial charge in [-0.05, 0) is 93.3 Å². The summed E-state index contributed by atoms with van der Waals surface area (Å²) in [7, 11) is 7.22. The molecule has 6 unspecified atom stereocenters. The van der Waals surface area contributed by atoms with Crippen molar-refractivity contribution in [2.45, 2.75) is 152 Å². The van der Waals surface area contributed by atoms with Gasteiger partial charge in [-0.15, -0.1) is 0 Å². The Hall–Kier alpha value is -7.89. The second kappa shape index (κ2) is 33.2. The number of likely N-dealkylation sites (N-methyl/N-ethyl adjacent to an activating group) is 3. The minimum Gasteiger partial charge on any atom is -0.496 e. The highest BCUT2D eigenvalue weighted by molar-refractivity contribution is 8.00. The molecule has 0 radical (unpaired) electrons. The molecule has 2 aromatic carbocycles. The number of fused-ring (bicyclic) bond motifs is 5. The molecule has 5 aliphatic rings. The average molecular weight is 1350 g/mol. The normalized spacial score (nSPS) is 27.2. The number of benzene rings is 2. The molecule has 0 aromatic heterocycles. The molecule has 3 saturated heterocycles. The Morgan fingerprint density at radius 3 is 2.32 bits per heavy atom. The zero-order valence-corrected chi connectivity index (χ0v) is 57.1. The third kappa shape index (κ3) is 18.8. The molecule has 7 amide bonds. The van der Waals surface area contributed by atoms with E-state index in [1.54, 1.807) is 77.5 Å². The molecule has 4 heterocycles. The third-order valence-corrected chi connectivity index (χ3v) is 19.0. The number of imide groups is 1. The molecular formula is C67H90N6O21S. The second-order valence-corrected chi connectivity index (χ2v) is 25.8. The molecule has 28 heteroatoms. The smallest absolute Gasteiger partial charge is 0.409 e. The molecule has 3 N–H and O–H groups in total. The quantitative estimate of drug-likeness (QED) is 0.0463. The van der Waals surface area contributed by atoms with Crippen molar-refractivity contribution < 1.29 is 100 Å². The molecule has 0 saturated carbocycles. The van der Waals surface area contributed by atoms with Crippen LogP contribution in [0.25, 0.3) is 0 Å². The Bertz CT molecular complexity index is 3290. The van der Waals surface area contributed by atoms with Crippen molar-refractivity contribution in [1.82, 2.24) is 30.2 Å². The SMILES string of the molecule is COc1cc2cc(c1C)C(C)C(=O)C[C@H](OC(=O)[C@H](C)N(C)C(=O)CCOC(=O)N(C)CCN(C)C(=O)OCc1ccc(C(C)C(=O)OC3/C=C/COCOC3)c(C(=O)NCCN3C(=O)CC(SC)C3=O)c1)[C@]1(C)O[C@H]1[C@H](C)[C@@H]1CC(O)(NC(=O)O1)C(OC)/C=C/C=C(\C)C2. The molecule has 4 bridgehead atoms. The minimum absolute atomic E-state index is 0.0187. The number of ether oxygens (including phenoxy) is 10. The van der Waals surface area contributed by atoms with Crippen molar-refractivity contribution in [2.24, 2.45) is 5.92 Å². The largest absolute Gasteiger partial charge is 0.496 e. The summed E-state index contributed by atoms with van der Waals surface area (Å²) in [5, 5.41) is 16.7. The molecule has 7 rings (SSSR count). The van der Waals surface area contributed by atoms with Gasteiger partial charge in [-0.1, -0.05) is 61.9 Å². The standard InChI is InChI=1S/C67H90N6O21S/c1-38-16-14-18-54(86-12)67(84)34-52(92-63(81)69-67)42(5)58-66(7,94-58)55(32-50(74)39(2)48-30-45(28-38)31-51(85-11)40(48)3)93-62(80)43(6)72(10)56(75)21-27-89-64(82)70(8)24-25-71(9)65(83)90-35-44-19-20-47(41(4)61(79)91-46-17-15-26-87-37-88-36-46)49(29-44)59(77)68-22-23-73-57(76)33-53(95-13)60(73)78/h14-20,29-31,39,41-43,46,52-55,58,84H,21-28,32-37H2,1-13H3,(H,68,77)(H,69,81)/b17-15+,18-14+,38-16+/t39?,41?,42-,43+,46?,52+,53?,54?,55+,58+,66+,67?/m1/s1. The Labute approximate surface area is 557 Å². The lowest BCUT2D eigenvalue weighted by Gasteiger charge is -2.42. The zero-order chi connectivity index (χ0) is 69.6. The summed E-state index contributed by atoms with van der Waals surface area (Å²) in [6, 6.07) is 7.24. The van der Waals surface area contributed by atoms with Gasteiger partial charge in [-0.25, -0.2) is 19.2 Å². The number of carbonyl (C=O) groups is 10. The number of hydrogen-bond donors (Lipinski definition) is 3. The van der Waals surface area contributed by atoms with Gasteiger partial charge in [0.05, 0.1) is 44.0 Å². The highest BCUT2D eigenvalue weighted by atomic mass is 32.2. The number of allylic oxidation sites excluding steroid dienone is 3. The van der Waals surface area contributed by atoms with Crippen molar-refractivity contribution in [2.75, 3.05) is 94.4 Å². The number of epoxide rings is 1. The van der Waals surface area contributed by atoms with Crippen molar-refractivity contribution in [3.05, 3.63) is 99.7 Å². The van der Waals surface area contributed by atoms with E-state index in [-0.39, 0.29) is 108 Å². The summed E-state index contributed by atoms with van der Waals surface area (Å²) in [6.07, 6.45) is 3.04. The summed E-state index contributed by atoms with van der Waals surface area (Å²) in [5.41, 5.74) is 0.791. The lowest BCUT2D eigenvalue weighted by Crippen LogP contribution is -2.63. The van der Waals surface area contributed by atoms with E-state index in [2.05, 4.69) is 10.6 Å². The first-order valence-corrected chi connectivity index (χ1v) is 32.8. The van der Waals surface area contributed by atoms with E-state index in [0.29, 0.717) is 28.9 Å². The summed E-state index contributed by atoms with van der Waals surface area (Å²) in [4.78, 5) is 139. The first kappa shape index (κ1) is 74.5. The van der Waals surface area contributed by atoms with Crippen LogP contribution in [-0.4, -0.2) is 232 Å². The highest BCUT2D eigenvalue weighted by Gasteiger charge is 2.64. The van der Waals surface area contributed by atoms with Crippen LogP contribution in [0.4, 0.5) is 14.4 Å². The number of rotatable bonds is 21. The van der Waals surface area contributed by atoms with Gasteiger partial charge in [0.1, 0.15) is 67.6 Å². The molecule has 27 nitrogen and oxygen atoms in total. The molecule has 1 aliphatic carbocycles. The van der Waals surface area contributed by atoms with Crippen LogP contribution in [0.15, 0.2) is 66.3 Å². The van der Waals surface area contributed by atoms with E-state index >= 15 is 0 Å². The van der Waals surface area contributed by atoms with Crippen molar-refractivity contribution in [3.8, 4) is 5.75 Å². The van der Waals surface area contributed by atoms with Crippen LogP contribution in [0, 0.1) is 12.8 Å². The number of Topliss-reactive ketones (excluding diaryl/α,β-unsaturated/α-hetero) is 1. The Balaban J connectivity index is 0.935. The summed E-state index contributed by atoms with van der Waals surface area (Å²) >= 11 is 1.27. The Morgan fingerprint density at radius 2 is 1.63 bits per heavy atom. The monoisotopic (exact) mass is 1350 g/mol. The summed E-state index contributed by atoms with van der Waals surface area (Å²) in [6.45, 7) is 11.5. The number of hydrogen-bond acceptors (Lipinski definition) is 22. The number of nitrogens with zero attached hydrogens (tertiary/aromatic N) is 4. The Morgan fingerprint density at radius 1 is 0.916 bits per heavy atom. The van der Waals surface area contributed by atoms with Gasteiger partial charge in [0.25, 0.3) is 5.91 Å². The lowest BCUT2D eigenvalue weighted by molar-refractivity contribution is -0.162. The van der Waals surface area contributed by atoms with E-state index in [0.717, 1.165) is 26.5 Å². The van der Waals surface area contributed by atoms with Crippen LogP contribution in [-0.2, 0) is 84.4 Å². The van der Waals surface area contributed by atoms with Crippen LogP contribution in [0.5, 0.6) is 5.75 Å². The van der Waals surface area contributed by atoms with E-state index in [4.69, 9.17) is 47.4 Å². The van der Waals surface area contributed by atoms with Crippen molar-refractivity contribution in [1.29, 1.82) is 0 Å². The van der Waals surface area contributed by atoms with Gasteiger partial charge in [0.15, 0.2) is 5.72 Å². The van der Waals surface area contributed by atoms with Crippen LogP contribution in [0.1, 0.15) is 117 Å². The summed E-state index contributed by atoms with van der Waals surface area (Å²) in [5.74, 6) is -5.38. The van der Waals surface area contributed by atoms with Gasteiger partial charge >= 0.3 is 30.2 Å². The molecule has 4 aliphatic heterocycles. The molecule has 520 valence electrons. The van der Waals surface area contributed by atoms with Gasteiger partial charge in [0.2, 0.25) is 17.7 Å². The van der Waals surface area contributed by atoms with Crippen LogP contribution < -0.4 is 15.4 Å². The lowest BCUT2D eigenvalue weighted by atomic mass is 9.82. The first-order valence-electron chi connectivity index (χ1n) is 31.5. The Kier molecular flexibility index (Phi) is 26.0. The number of carbonyl (C=O) groups excluding carboxylic acids is 10. The molecular weight excluding hydrogens is 1260 g/mol. The molecule has 2 aromatic rings.